The molecule has 5 heteroatoms. The zero-order valence-electron chi connectivity index (χ0n) is 10.6. The zero-order chi connectivity index (χ0) is 13.1. The largest absolute Gasteiger partial charge is 0.379 e. The Labute approximate surface area is 115 Å². The summed E-state index contributed by atoms with van der Waals surface area (Å²) in [7, 11) is 0. The molecule has 0 aliphatic carbocycles. The molecule has 3 aromatic rings. The molecule has 0 unspecified atom stereocenters. The fourth-order valence-electron chi connectivity index (χ4n) is 1.86. The Morgan fingerprint density at radius 2 is 2.26 bits per heavy atom. The molecule has 0 fully saturated rings. The first-order chi connectivity index (χ1) is 9.31. The van der Waals surface area contributed by atoms with Crippen molar-refractivity contribution in [1.29, 1.82) is 0 Å². The van der Waals surface area contributed by atoms with Crippen molar-refractivity contribution in [1.82, 2.24) is 14.8 Å². The second-order valence-corrected chi connectivity index (χ2v) is 5.27. The van der Waals surface area contributed by atoms with E-state index < -0.39 is 0 Å². The molecule has 1 aromatic carbocycles. The minimum absolute atomic E-state index is 0.743. The lowest BCUT2D eigenvalue weighted by Gasteiger charge is -2.07. The van der Waals surface area contributed by atoms with Gasteiger partial charge in [-0.3, -0.25) is 0 Å². The third kappa shape index (κ3) is 2.82. The predicted octanol–water partition coefficient (Wildman–Crippen LogP) is 3.25. The summed E-state index contributed by atoms with van der Waals surface area (Å²) in [5, 5.41) is 10.8. The highest BCUT2D eigenvalue weighted by molar-refractivity contribution is 7.09. The highest BCUT2D eigenvalue weighted by Gasteiger charge is 2.00. The highest BCUT2D eigenvalue weighted by Crippen LogP contribution is 2.15. The molecule has 0 saturated carbocycles. The Morgan fingerprint density at radius 3 is 3.00 bits per heavy atom. The third-order valence-corrected chi connectivity index (χ3v) is 3.58. The number of nitrogens with one attached hydrogen (secondary N) is 1. The van der Waals surface area contributed by atoms with Crippen molar-refractivity contribution in [3.8, 4) is 5.69 Å². The minimum atomic E-state index is 0.743. The van der Waals surface area contributed by atoms with Crippen molar-refractivity contribution in [3.63, 3.8) is 0 Å². The lowest BCUT2D eigenvalue weighted by atomic mass is 10.2. The molecular formula is C14H14N4S. The molecule has 0 atom stereocenters. The van der Waals surface area contributed by atoms with E-state index >= 15 is 0 Å². The molecule has 3 rings (SSSR count). The van der Waals surface area contributed by atoms with E-state index in [9.17, 15) is 0 Å². The van der Waals surface area contributed by atoms with E-state index in [1.165, 1.54) is 0 Å². The number of hydrogen-bond donors (Lipinski definition) is 1. The average molecular weight is 270 g/mol. The van der Waals surface area contributed by atoms with Crippen molar-refractivity contribution in [3.05, 3.63) is 58.8 Å². The van der Waals surface area contributed by atoms with E-state index in [-0.39, 0.29) is 0 Å². The number of rotatable bonds is 4. The van der Waals surface area contributed by atoms with Crippen LogP contribution in [0.15, 0.2) is 48.1 Å². The minimum Gasteiger partial charge on any atom is -0.379 e. The van der Waals surface area contributed by atoms with Gasteiger partial charge in [-0.1, -0.05) is 6.07 Å². The smallest absolute Gasteiger partial charge is 0.0898 e. The Hall–Kier alpha value is -2.14. The van der Waals surface area contributed by atoms with Gasteiger partial charge in [0.2, 0.25) is 0 Å². The van der Waals surface area contributed by atoms with Crippen LogP contribution in [-0.4, -0.2) is 14.8 Å². The molecule has 0 radical (unpaired) electrons. The van der Waals surface area contributed by atoms with Crippen LogP contribution < -0.4 is 5.32 Å². The van der Waals surface area contributed by atoms with Crippen LogP contribution in [-0.2, 0) is 6.54 Å². The zero-order valence-corrected chi connectivity index (χ0v) is 11.4. The number of anilines is 1. The molecule has 0 saturated heterocycles. The van der Waals surface area contributed by atoms with Gasteiger partial charge in [0.1, 0.15) is 0 Å². The second kappa shape index (κ2) is 5.24. The Kier molecular flexibility index (Phi) is 3.29. The number of aryl methyl sites for hydroxylation is 1. The van der Waals surface area contributed by atoms with Crippen LogP contribution >= 0.6 is 11.3 Å². The monoisotopic (exact) mass is 270 g/mol. The quantitative estimate of drug-likeness (QED) is 0.791. The topological polar surface area (TPSA) is 42.7 Å². The molecule has 2 aromatic heterocycles. The Balaban J connectivity index is 1.73. The van der Waals surface area contributed by atoms with Crippen molar-refractivity contribution < 1.29 is 0 Å². The lowest BCUT2D eigenvalue weighted by molar-refractivity contribution is 0.880. The van der Waals surface area contributed by atoms with Crippen LogP contribution in [0.3, 0.4) is 0 Å². The first-order valence-electron chi connectivity index (χ1n) is 6.06. The standard InChI is InChI=1S/C14H14N4S/c1-11-17-13(10-19-11)9-15-12-4-2-5-14(8-12)18-7-3-6-16-18/h2-8,10,15H,9H2,1H3. The summed E-state index contributed by atoms with van der Waals surface area (Å²) in [6.07, 6.45) is 3.71. The van der Waals surface area contributed by atoms with Gasteiger partial charge < -0.3 is 5.32 Å². The van der Waals surface area contributed by atoms with Crippen LogP contribution in [0.5, 0.6) is 0 Å². The molecule has 2 heterocycles. The van der Waals surface area contributed by atoms with Crippen molar-refractivity contribution in [2.45, 2.75) is 13.5 Å². The molecule has 19 heavy (non-hydrogen) atoms. The number of nitrogens with zero attached hydrogens (tertiary/aromatic N) is 3. The number of aromatic nitrogens is 3. The van der Waals surface area contributed by atoms with E-state index in [2.05, 4.69) is 26.8 Å². The third-order valence-electron chi connectivity index (χ3n) is 2.76. The summed E-state index contributed by atoms with van der Waals surface area (Å²) < 4.78 is 1.85. The molecule has 0 amide bonds. The summed E-state index contributed by atoms with van der Waals surface area (Å²) in [5.74, 6) is 0. The molecule has 96 valence electrons. The number of benzene rings is 1. The number of thiazole rings is 1. The highest BCUT2D eigenvalue weighted by atomic mass is 32.1. The summed E-state index contributed by atoms with van der Waals surface area (Å²) in [6, 6.07) is 10.1. The molecule has 0 aliphatic rings. The predicted molar refractivity (Wildman–Crippen MR) is 77.7 cm³/mol. The second-order valence-electron chi connectivity index (χ2n) is 4.21. The van der Waals surface area contributed by atoms with Crippen LogP contribution in [0.2, 0.25) is 0 Å². The van der Waals surface area contributed by atoms with Gasteiger partial charge in [-0.25, -0.2) is 9.67 Å². The van der Waals surface area contributed by atoms with E-state index in [4.69, 9.17) is 0 Å². The fraction of sp³-hybridized carbons (Fsp3) is 0.143. The van der Waals surface area contributed by atoms with Gasteiger partial charge in [0.15, 0.2) is 0 Å². The summed E-state index contributed by atoms with van der Waals surface area (Å²) >= 11 is 1.68. The summed E-state index contributed by atoms with van der Waals surface area (Å²) in [6.45, 7) is 2.76. The number of hydrogen-bond acceptors (Lipinski definition) is 4. The summed E-state index contributed by atoms with van der Waals surface area (Å²) in [4.78, 5) is 4.44. The molecule has 1 N–H and O–H groups in total. The fourth-order valence-corrected chi connectivity index (χ4v) is 2.47. The van der Waals surface area contributed by atoms with Crippen LogP contribution in [0.1, 0.15) is 10.7 Å². The first-order valence-corrected chi connectivity index (χ1v) is 6.94. The van der Waals surface area contributed by atoms with Gasteiger partial charge in [-0.05, 0) is 31.2 Å². The van der Waals surface area contributed by atoms with Crippen LogP contribution in [0, 0.1) is 6.92 Å². The van der Waals surface area contributed by atoms with Crippen molar-refractivity contribution in [2.24, 2.45) is 0 Å². The maximum absolute atomic E-state index is 4.44. The molecule has 4 nitrogen and oxygen atoms in total. The van der Waals surface area contributed by atoms with Gasteiger partial charge in [-0.15, -0.1) is 11.3 Å². The van der Waals surface area contributed by atoms with Gasteiger partial charge in [0, 0.05) is 23.5 Å². The van der Waals surface area contributed by atoms with Crippen molar-refractivity contribution >= 4 is 17.0 Å². The summed E-state index contributed by atoms with van der Waals surface area (Å²) in [5.41, 5.74) is 3.19. The maximum atomic E-state index is 4.44. The average Bonchev–Trinajstić information content (AvgIpc) is 3.08. The van der Waals surface area contributed by atoms with E-state index in [0.717, 1.165) is 28.6 Å². The SMILES string of the molecule is Cc1nc(CNc2cccc(-n3cccn3)c2)cs1. The normalized spacial score (nSPS) is 10.6. The van der Waals surface area contributed by atoms with Crippen LogP contribution in [0.25, 0.3) is 5.69 Å². The maximum Gasteiger partial charge on any atom is 0.0898 e. The molecular weight excluding hydrogens is 256 g/mol. The molecule has 0 aliphatic heterocycles. The lowest BCUT2D eigenvalue weighted by Crippen LogP contribution is -2.01. The van der Waals surface area contributed by atoms with Crippen LogP contribution in [0.4, 0.5) is 5.69 Å². The Bertz CT molecular complexity index is 658. The molecule has 0 spiro atoms. The first kappa shape index (κ1) is 11.9. The van der Waals surface area contributed by atoms with Crippen molar-refractivity contribution in [2.75, 3.05) is 5.32 Å². The Morgan fingerprint density at radius 1 is 1.32 bits per heavy atom. The van der Waals surface area contributed by atoms with E-state index in [1.54, 1.807) is 17.5 Å². The van der Waals surface area contributed by atoms with Gasteiger partial charge in [-0.2, -0.15) is 5.10 Å². The van der Waals surface area contributed by atoms with E-state index in [0.29, 0.717) is 0 Å². The van der Waals surface area contributed by atoms with Gasteiger partial charge >= 0.3 is 0 Å². The van der Waals surface area contributed by atoms with Gasteiger partial charge in [0.25, 0.3) is 0 Å². The molecule has 0 bridgehead atoms. The van der Waals surface area contributed by atoms with E-state index in [1.807, 2.05) is 42.1 Å². The van der Waals surface area contributed by atoms with Gasteiger partial charge in [0.05, 0.1) is 22.9 Å².